The quantitative estimate of drug-likeness (QED) is 0.303. The number of ether oxygens (including phenoxy) is 1. The first-order chi connectivity index (χ1) is 8.56. The van der Waals surface area contributed by atoms with E-state index < -0.39 is 3.79 Å². The van der Waals surface area contributed by atoms with E-state index in [-0.39, 0.29) is 0 Å². The highest BCUT2D eigenvalue weighted by molar-refractivity contribution is 6.67. The number of alkyl halides is 3. The molecule has 0 saturated carbocycles. The van der Waals surface area contributed by atoms with Gasteiger partial charge in [-0.05, 0) is 19.3 Å². The van der Waals surface area contributed by atoms with Gasteiger partial charge in [0.1, 0.15) is 0 Å². The fraction of sp³-hybridized carbons (Fsp3) is 1.00. The normalized spacial score (nSPS) is 12.0. The van der Waals surface area contributed by atoms with Crippen molar-refractivity contribution in [3.63, 3.8) is 0 Å². The average molecular weight is 318 g/mol. The number of halogens is 3. The lowest BCUT2D eigenvalue weighted by atomic mass is 10.1. The van der Waals surface area contributed by atoms with Crippen LogP contribution >= 0.6 is 34.8 Å². The molecule has 0 rings (SSSR count). The maximum absolute atomic E-state index is 5.64. The summed E-state index contributed by atoms with van der Waals surface area (Å²) in [5.41, 5.74) is 0. The van der Waals surface area contributed by atoms with Crippen LogP contribution in [0.1, 0.15) is 71.1 Å². The van der Waals surface area contributed by atoms with Crippen LogP contribution in [0.3, 0.4) is 0 Å². The molecule has 0 atom stereocenters. The van der Waals surface area contributed by atoms with Gasteiger partial charge in [0.25, 0.3) is 0 Å². The molecule has 110 valence electrons. The minimum atomic E-state index is -1.12. The molecule has 0 heterocycles. The second kappa shape index (κ2) is 12.8. The van der Waals surface area contributed by atoms with Crippen molar-refractivity contribution in [2.75, 3.05) is 13.2 Å². The Bertz CT molecular complexity index is 169. The second-order valence-corrected chi connectivity index (χ2v) is 7.32. The topological polar surface area (TPSA) is 9.23 Å². The molecule has 0 spiro atoms. The van der Waals surface area contributed by atoms with Gasteiger partial charge in [0.05, 0.1) is 0 Å². The van der Waals surface area contributed by atoms with Crippen LogP contribution in [0.25, 0.3) is 0 Å². The van der Waals surface area contributed by atoms with E-state index >= 15 is 0 Å². The third kappa shape index (κ3) is 16.8. The van der Waals surface area contributed by atoms with Crippen LogP contribution in [0.2, 0.25) is 0 Å². The molecule has 0 aromatic rings. The monoisotopic (exact) mass is 316 g/mol. The van der Waals surface area contributed by atoms with Gasteiger partial charge in [-0.3, -0.25) is 0 Å². The molecule has 0 amide bonds. The minimum Gasteiger partial charge on any atom is -0.381 e. The van der Waals surface area contributed by atoms with E-state index in [4.69, 9.17) is 39.5 Å². The van der Waals surface area contributed by atoms with E-state index in [1.165, 1.54) is 44.9 Å². The standard InChI is InChI=1S/C14H27Cl3O/c1-2-3-4-5-6-7-8-9-12-18-13-10-11-14(15,16)17/h2-13H2,1H3. The molecule has 0 radical (unpaired) electrons. The van der Waals surface area contributed by atoms with Crippen LogP contribution < -0.4 is 0 Å². The molecule has 0 aliphatic carbocycles. The molecule has 0 fully saturated rings. The van der Waals surface area contributed by atoms with Crippen molar-refractivity contribution in [3.8, 4) is 0 Å². The van der Waals surface area contributed by atoms with Crippen LogP contribution in [0.5, 0.6) is 0 Å². The van der Waals surface area contributed by atoms with Crippen molar-refractivity contribution in [1.29, 1.82) is 0 Å². The number of unbranched alkanes of at least 4 members (excludes halogenated alkanes) is 7. The predicted octanol–water partition coefficient (Wildman–Crippen LogP) is 6.29. The van der Waals surface area contributed by atoms with Gasteiger partial charge in [-0.1, -0.05) is 86.7 Å². The fourth-order valence-electron chi connectivity index (χ4n) is 1.81. The van der Waals surface area contributed by atoms with Gasteiger partial charge < -0.3 is 4.74 Å². The molecular formula is C14H27Cl3O. The van der Waals surface area contributed by atoms with Crippen molar-refractivity contribution in [1.82, 2.24) is 0 Å². The SMILES string of the molecule is CCCCCCCCCCOCCCC(Cl)(Cl)Cl. The Morgan fingerprint density at radius 3 is 1.78 bits per heavy atom. The van der Waals surface area contributed by atoms with Crippen LogP contribution in [0.15, 0.2) is 0 Å². The van der Waals surface area contributed by atoms with E-state index in [9.17, 15) is 0 Å². The van der Waals surface area contributed by atoms with E-state index in [0.717, 1.165) is 19.4 Å². The fourth-order valence-corrected chi connectivity index (χ4v) is 2.22. The molecule has 0 aromatic heterocycles. The maximum atomic E-state index is 5.64. The Hall–Kier alpha value is 0.830. The Balaban J connectivity index is 2.99. The van der Waals surface area contributed by atoms with Gasteiger partial charge in [-0.2, -0.15) is 0 Å². The summed E-state index contributed by atoms with van der Waals surface area (Å²) in [4.78, 5) is 0. The van der Waals surface area contributed by atoms with Crippen LogP contribution in [-0.4, -0.2) is 17.0 Å². The molecule has 0 aromatic carbocycles. The molecule has 18 heavy (non-hydrogen) atoms. The zero-order valence-electron chi connectivity index (χ0n) is 11.5. The summed E-state index contributed by atoms with van der Waals surface area (Å²) in [5.74, 6) is 0. The Kier molecular flexibility index (Phi) is 13.4. The zero-order valence-corrected chi connectivity index (χ0v) is 13.8. The van der Waals surface area contributed by atoms with E-state index in [1.54, 1.807) is 0 Å². The highest BCUT2D eigenvalue weighted by atomic mass is 35.6. The molecule has 0 aliphatic heterocycles. The number of hydrogen-bond donors (Lipinski definition) is 0. The first-order valence-electron chi connectivity index (χ1n) is 7.20. The summed E-state index contributed by atoms with van der Waals surface area (Å²) < 4.78 is 4.38. The molecule has 1 nitrogen and oxygen atoms in total. The Labute approximate surface area is 128 Å². The molecule has 4 heteroatoms. The van der Waals surface area contributed by atoms with E-state index in [1.807, 2.05) is 0 Å². The molecule has 0 saturated heterocycles. The van der Waals surface area contributed by atoms with Crippen molar-refractivity contribution in [2.45, 2.75) is 74.9 Å². The lowest BCUT2D eigenvalue weighted by molar-refractivity contribution is 0.126. The van der Waals surface area contributed by atoms with E-state index in [2.05, 4.69) is 6.92 Å². The van der Waals surface area contributed by atoms with Gasteiger partial charge in [-0.15, -0.1) is 0 Å². The number of rotatable bonds is 12. The van der Waals surface area contributed by atoms with Gasteiger partial charge in [-0.25, -0.2) is 0 Å². The van der Waals surface area contributed by atoms with Crippen molar-refractivity contribution >= 4 is 34.8 Å². The first-order valence-corrected chi connectivity index (χ1v) is 8.34. The second-order valence-electron chi connectivity index (χ2n) is 4.81. The summed E-state index contributed by atoms with van der Waals surface area (Å²) in [7, 11) is 0. The van der Waals surface area contributed by atoms with Gasteiger partial charge in [0, 0.05) is 13.2 Å². The Morgan fingerprint density at radius 1 is 0.722 bits per heavy atom. The van der Waals surface area contributed by atoms with Gasteiger partial charge in [0.2, 0.25) is 0 Å². The molecule has 0 bridgehead atoms. The molecule has 0 aliphatic rings. The molecular weight excluding hydrogens is 291 g/mol. The summed E-state index contributed by atoms with van der Waals surface area (Å²) in [6.07, 6.45) is 12.0. The predicted molar refractivity (Wildman–Crippen MR) is 83.0 cm³/mol. The summed E-state index contributed by atoms with van der Waals surface area (Å²) in [5, 5.41) is 0. The molecule has 0 unspecified atom stereocenters. The van der Waals surface area contributed by atoms with Crippen LogP contribution in [0.4, 0.5) is 0 Å². The largest absolute Gasteiger partial charge is 0.381 e. The van der Waals surface area contributed by atoms with Gasteiger partial charge >= 0.3 is 0 Å². The van der Waals surface area contributed by atoms with Crippen molar-refractivity contribution in [3.05, 3.63) is 0 Å². The van der Waals surface area contributed by atoms with Crippen molar-refractivity contribution < 1.29 is 4.74 Å². The summed E-state index contributed by atoms with van der Waals surface area (Å²) >= 11 is 16.9. The highest BCUT2D eigenvalue weighted by Gasteiger charge is 2.18. The first kappa shape index (κ1) is 18.8. The van der Waals surface area contributed by atoms with Gasteiger partial charge in [0.15, 0.2) is 3.79 Å². The third-order valence-corrected chi connectivity index (χ3v) is 3.46. The van der Waals surface area contributed by atoms with E-state index in [0.29, 0.717) is 13.0 Å². The highest BCUT2D eigenvalue weighted by Crippen LogP contribution is 2.31. The minimum absolute atomic E-state index is 0.565. The number of hydrogen-bond acceptors (Lipinski definition) is 1. The lowest BCUT2D eigenvalue weighted by Gasteiger charge is -2.10. The van der Waals surface area contributed by atoms with Crippen molar-refractivity contribution in [2.24, 2.45) is 0 Å². The van der Waals surface area contributed by atoms with Crippen LogP contribution in [0, 0.1) is 0 Å². The summed E-state index contributed by atoms with van der Waals surface area (Å²) in [6, 6.07) is 0. The molecule has 0 N–H and O–H groups in total. The zero-order chi connectivity index (χ0) is 13.7. The third-order valence-electron chi connectivity index (χ3n) is 2.89. The summed E-state index contributed by atoms with van der Waals surface area (Å²) in [6.45, 7) is 3.79. The average Bonchev–Trinajstić information content (AvgIpc) is 2.29. The van der Waals surface area contributed by atoms with Crippen LogP contribution in [-0.2, 0) is 4.74 Å². The smallest absolute Gasteiger partial charge is 0.190 e. The maximum Gasteiger partial charge on any atom is 0.190 e. The Morgan fingerprint density at radius 2 is 1.22 bits per heavy atom. The lowest BCUT2D eigenvalue weighted by Crippen LogP contribution is -2.05.